The zero-order valence-corrected chi connectivity index (χ0v) is 11.1. The highest BCUT2D eigenvalue weighted by Gasteiger charge is 2.25. The molecule has 1 fully saturated rings. The first kappa shape index (κ1) is 13.8. The summed E-state index contributed by atoms with van der Waals surface area (Å²) in [6.07, 6.45) is 1.78. The van der Waals surface area contributed by atoms with Crippen LogP contribution in [0.2, 0.25) is 0 Å². The van der Waals surface area contributed by atoms with Crippen molar-refractivity contribution >= 4 is 21.4 Å². The number of hydrogen-bond donors (Lipinski definition) is 1. The number of sulfone groups is 1. The zero-order valence-electron chi connectivity index (χ0n) is 10.3. The van der Waals surface area contributed by atoms with Crippen molar-refractivity contribution in [3.63, 3.8) is 0 Å². The summed E-state index contributed by atoms with van der Waals surface area (Å²) < 4.78 is 37.2. The second kappa shape index (κ2) is 5.16. The molecular weight excluding hydrogens is 271 g/mol. The summed E-state index contributed by atoms with van der Waals surface area (Å²) in [6.45, 7) is 1.17. The van der Waals surface area contributed by atoms with Gasteiger partial charge in [0.2, 0.25) is 5.91 Å². The second-order valence-electron chi connectivity index (χ2n) is 4.57. The summed E-state index contributed by atoms with van der Waals surface area (Å²) in [5, 5.41) is 0. The minimum absolute atomic E-state index is 0.0206. The van der Waals surface area contributed by atoms with E-state index in [0.717, 1.165) is 31.0 Å². The van der Waals surface area contributed by atoms with E-state index < -0.39 is 27.3 Å². The summed E-state index contributed by atoms with van der Waals surface area (Å²) in [5.74, 6) is -1.82. The monoisotopic (exact) mass is 286 g/mol. The summed E-state index contributed by atoms with van der Waals surface area (Å²) in [6, 6.07) is 3.07. The number of halogens is 1. The standard InChI is InChI=1S/C12H15FN2O3S/c13-9-5-10(14)7-11(6-9)19(17,18)8-12(16)15-3-1-2-4-15/h5-7H,1-4,8,14H2. The van der Waals surface area contributed by atoms with Crippen molar-refractivity contribution in [3.8, 4) is 0 Å². The average Bonchev–Trinajstić information content (AvgIpc) is 2.80. The van der Waals surface area contributed by atoms with Crippen molar-refractivity contribution in [2.45, 2.75) is 17.7 Å². The molecule has 0 aliphatic carbocycles. The van der Waals surface area contributed by atoms with Crippen LogP contribution >= 0.6 is 0 Å². The number of carbonyl (C=O) groups is 1. The lowest BCUT2D eigenvalue weighted by atomic mass is 10.3. The van der Waals surface area contributed by atoms with Gasteiger partial charge in [-0.05, 0) is 31.0 Å². The van der Waals surface area contributed by atoms with E-state index in [1.807, 2.05) is 0 Å². The average molecular weight is 286 g/mol. The van der Waals surface area contributed by atoms with Gasteiger partial charge in [0, 0.05) is 18.8 Å². The van der Waals surface area contributed by atoms with E-state index in [1.165, 1.54) is 4.90 Å². The largest absolute Gasteiger partial charge is 0.399 e. The molecule has 1 aliphatic heterocycles. The van der Waals surface area contributed by atoms with E-state index in [0.29, 0.717) is 13.1 Å². The summed E-state index contributed by atoms with van der Waals surface area (Å²) in [5.41, 5.74) is 5.43. The minimum atomic E-state index is -3.85. The van der Waals surface area contributed by atoms with Crippen LogP contribution < -0.4 is 5.73 Å². The summed E-state index contributed by atoms with van der Waals surface area (Å²) >= 11 is 0. The van der Waals surface area contributed by atoms with Gasteiger partial charge in [0.1, 0.15) is 11.6 Å². The quantitative estimate of drug-likeness (QED) is 0.834. The van der Waals surface area contributed by atoms with E-state index in [4.69, 9.17) is 5.73 Å². The van der Waals surface area contributed by atoms with Crippen LogP contribution in [0.15, 0.2) is 23.1 Å². The Balaban J connectivity index is 2.19. The number of benzene rings is 1. The van der Waals surface area contributed by atoms with Crippen LogP contribution in [-0.2, 0) is 14.6 Å². The minimum Gasteiger partial charge on any atom is -0.399 e. The van der Waals surface area contributed by atoms with Gasteiger partial charge >= 0.3 is 0 Å². The van der Waals surface area contributed by atoms with Crippen LogP contribution in [0.4, 0.5) is 10.1 Å². The van der Waals surface area contributed by atoms with E-state index in [-0.39, 0.29) is 10.6 Å². The first-order valence-electron chi connectivity index (χ1n) is 5.95. The van der Waals surface area contributed by atoms with E-state index in [2.05, 4.69) is 0 Å². The number of carbonyl (C=O) groups excluding carboxylic acids is 1. The van der Waals surface area contributed by atoms with Crippen molar-refractivity contribution in [1.29, 1.82) is 0 Å². The predicted molar refractivity (Wildman–Crippen MR) is 68.7 cm³/mol. The van der Waals surface area contributed by atoms with Crippen molar-refractivity contribution in [2.24, 2.45) is 0 Å². The number of nitrogens with zero attached hydrogens (tertiary/aromatic N) is 1. The molecule has 1 aliphatic rings. The van der Waals surface area contributed by atoms with Gasteiger partial charge in [0.05, 0.1) is 4.90 Å². The maximum Gasteiger partial charge on any atom is 0.238 e. The van der Waals surface area contributed by atoms with Crippen molar-refractivity contribution in [1.82, 2.24) is 4.90 Å². The SMILES string of the molecule is Nc1cc(F)cc(S(=O)(=O)CC(=O)N2CCCC2)c1. The molecule has 0 radical (unpaired) electrons. The number of hydrogen-bond acceptors (Lipinski definition) is 4. The lowest BCUT2D eigenvalue weighted by molar-refractivity contribution is -0.127. The highest BCUT2D eigenvalue weighted by molar-refractivity contribution is 7.92. The summed E-state index contributed by atoms with van der Waals surface area (Å²) in [4.78, 5) is 13.1. The molecule has 0 atom stereocenters. The first-order valence-corrected chi connectivity index (χ1v) is 7.60. The van der Waals surface area contributed by atoms with Gasteiger partial charge in [-0.1, -0.05) is 0 Å². The molecule has 19 heavy (non-hydrogen) atoms. The molecule has 1 amide bonds. The number of rotatable bonds is 3. The Morgan fingerprint density at radius 3 is 2.47 bits per heavy atom. The van der Waals surface area contributed by atoms with E-state index in [1.54, 1.807) is 0 Å². The van der Waals surface area contributed by atoms with Gasteiger partial charge in [-0.3, -0.25) is 4.79 Å². The Morgan fingerprint density at radius 2 is 1.89 bits per heavy atom. The molecule has 2 rings (SSSR count). The Morgan fingerprint density at radius 1 is 1.26 bits per heavy atom. The van der Waals surface area contributed by atoms with Crippen LogP contribution in [0, 0.1) is 5.82 Å². The lowest BCUT2D eigenvalue weighted by Crippen LogP contribution is -2.33. The molecule has 1 heterocycles. The fourth-order valence-electron chi connectivity index (χ4n) is 2.07. The number of anilines is 1. The number of nitrogens with two attached hydrogens (primary N) is 1. The molecule has 1 aromatic rings. The van der Waals surface area contributed by atoms with Gasteiger partial charge in [0.25, 0.3) is 0 Å². The molecule has 1 saturated heterocycles. The van der Waals surface area contributed by atoms with Gasteiger partial charge in [-0.15, -0.1) is 0 Å². The maximum atomic E-state index is 13.2. The third-order valence-corrected chi connectivity index (χ3v) is 4.61. The molecule has 0 spiro atoms. The van der Waals surface area contributed by atoms with E-state index >= 15 is 0 Å². The molecule has 1 aromatic carbocycles. The van der Waals surface area contributed by atoms with Crippen molar-refractivity contribution in [2.75, 3.05) is 24.6 Å². The second-order valence-corrected chi connectivity index (χ2v) is 6.56. The third kappa shape index (κ3) is 3.23. The maximum absolute atomic E-state index is 13.2. The Hall–Kier alpha value is -1.63. The van der Waals surface area contributed by atoms with Crippen LogP contribution in [-0.4, -0.2) is 38.1 Å². The fraction of sp³-hybridized carbons (Fsp3) is 0.417. The summed E-state index contributed by atoms with van der Waals surface area (Å²) in [7, 11) is -3.85. The predicted octanol–water partition coefficient (Wildman–Crippen LogP) is 0.804. The molecule has 0 aromatic heterocycles. The van der Waals surface area contributed by atoms with Crippen LogP contribution in [0.5, 0.6) is 0 Å². The molecule has 2 N–H and O–H groups in total. The number of nitrogen functional groups attached to an aromatic ring is 1. The molecule has 0 saturated carbocycles. The molecule has 0 bridgehead atoms. The normalized spacial score (nSPS) is 15.7. The van der Waals surface area contributed by atoms with E-state index in [9.17, 15) is 17.6 Å². The Kier molecular flexibility index (Phi) is 3.75. The van der Waals surface area contributed by atoms with Crippen LogP contribution in [0.3, 0.4) is 0 Å². The smallest absolute Gasteiger partial charge is 0.238 e. The molecule has 0 unspecified atom stereocenters. The van der Waals surface area contributed by atoms with Gasteiger partial charge in [-0.2, -0.15) is 0 Å². The topological polar surface area (TPSA) is 80.5 Å². The Labute approximate surface area is 111 Å². The van der Waals surface area contributed by atoms with Crippen LogP contribution in [0.25, 0.3) is 0 Å². The van der Waals surface area contributed by atoms with Crippen molar-refractivity contribution < 1.29 is 17.6 Å². The van der Waals surface area contributed by atoms with Gasteiger partial charge in [0.15, 0.2) is 9.84 Å². The Bertz CT molecular complexity index is 575. The van der Waals surface area contributed by atoms with Crippen molar-refractivity contribution in [3.05, 3.63) is 24.0 Å². The molecule has 7 heteroatoms. The first-order chi connectivity index (χ1) is 8.88. The van der Waals surface area contributed by atoms with Gasteiger partial charge < -0.3 is 10.6 Å². The highest BCUT2D eigenvalue weighted by Crippen LogP contribution is 2.18. The van der Waals surface area contributed by atoms with Crippen LogP contribution in [0.1, 0.15) is 12.8 Å². The number of likely N-dealkylation sites (tertiary alicyclic amines) is 1. The third-order valence-electron chi connectivity index (χ3n) is 3.03. The van der Waals surface area contributed by atoms with Gasteiger partial charge in [-0.25, -0.2) is 12.8 Å². The highest BCUT2D eigenvalue weighted by atomic mass is 32.2. The lowest BCUT2D eigenvalue weighted by Gasteiger charge is -2.15. The molecule has 5 nitrogen and oxygen atoms in total. The fourth-order valence-corrected chi connectivity index (χ4v) is 3.35. The zero-order chi connectivity index (χ0) is 14.0. The molecular formula is C12H15FN2O3S. The molecule has 104 valence electrons. The number of amides is 1.